The average molecular weight is 358 g/mol. The molecule has 2 aromatic carbocycles. The van der Waals surface area contributed by atoms with Crippen LogP contribution in [0.4, 0.5) is 0 Å². The molecule has 0 fully saturated rings. The minimum absolute atomic E-state index is 0.112. The van der Waals surface area contributed by atoms with E-state index in [0.29, 0.717) is 15.6 Å². The van der Waals surface area contributed by atoms with Gasteiger partial charge in [0.25, 0.3) is 0 Å². The van der Waals surface area contributed by atoms with Crippen molar-refractivity contribution in [1.82, 2.24) is 5.43 Å². The van der Waals surface area contributed by atoms with Crippen LogP contribution in [-0.2, 0) is 11.2 Å². The molecule has 0 unspecified atom stereocenters. The van der Waals surface area contributed by atoms with Gasteiger partial charge in [0, 0.05) is 15.6 Å². The molecule has 4 nitrogen and oxygen atoms in total. The Hall–Kier alpha value is -1.75. The molecule has 0 heterocycles. The molecule has 0 saturated carbocycles. The van der Waals surface area contributed by atoms with Gasteiger partial charge in [0.15, 0.2) is 0 Å². The Bertz CT molecular complexity index is 715. The van der Waals surface area contributed by atoms with Gasteiger partial charge in [0.05, 0.1) is 17.7 Å². The number of amides is 1. The quantitative estimate of drug-likeness (QED) is 0.640. The first-order valence-electron chi connectivity index (χ1n) is 6.20. The van der Waals surface area contributed by atoms with Crippen LogP contribution in [0.5, 0.6) is 5.75 Å². The molecule has 2 rings (SSSR count). The lowest BCUT2D eigenvalue weighted by atomic mass is 10.1. The SMILES string of the molecule is O=C(Cc1ccc(Cl)cc1)NN=Cc1cc(Cl)cc(Cl)c1O. The molecule has 0 saturated heterocycles. The minimum atomic E-state index is -0.300. The molecule has 0 atom stereocenters. The van der Waals surface area contributed by atoms with Gasteiger partial charge in [0.2, 0.25) is 5.91 Å². The number of carbonyl (C=O) groups is 1. The number of hydrogen-bond donors (Lipinski definition) is 2. The van der Waals surface area contributed by atoms with E-state index in [9.17, 15) is 9.90 Å². The van der Waals surface area contributed by atoms with Gasteiger partial charge in [0.1, 0.15) is 5.75 Å². The molecule has 0 aliphatic heterocycles. The molecular formula is C15H11Cl3N2O2. The van der Waals surface area contributed by atoms with Crippen LogP contribution in [0.3, 0.4) is 0 Å². The second-order valence-electron chi connectivity index (χ2n) is 4.42. The normalized spacial score (nSPS) is 10.9. The van der Waals surface area contributed by atoms with Crippen molar-refractivity contribution >= 4 is 46.9 Å². The van der Waals surface area contributed by atoms with Crippen molar-refractivity contribution in [3.63, 3.8) is 0 Å². The van der Waals surface area contributed by atoms with Crippen molar-refractivity contribution in [3.05, 3.63) is 62.6 Å². The third kappa shape index (κ3) is 4.63. The van der Waals surface area contributed by atoms with Gasteiger partial charge in [-0.2, -0.15) is 5.10 Å². The summed E-state index contributed by atoms with van der Waals surface area (Å²) in [4.78, 5) is 11.7. The van der Waals surface area contributed by atoms with Crippen molar-refractivity contribution in [2.24, 2.45) is 5.10 Å². The number of nitrogens with zero attached hydrogens (tertiary/aromatic N) is 1. The molecule has 0 bridgehead atoms. The van der Waals surface area contributed by atoms with E-state index < -0.39 is 0 Å². The van der Waals surface area contributed by atoms with Gasteiger partial charge in [-0.3, -0.25) is 4.79 Å². The molecular weight excluding hydrogens is 347 g/mol. The highest BCUT2D eigenvalue weighted by Crippen LogP contribution is 2.29. The number of hydrogen-bond acceptors (Lipinski definition) is 3. The molecule has 0 aromatic heterocycles. The third-order valence-corrected chi connectivity index (χ3v) is 3.49. The zero-order chi connectivity index (χ0) is 16.1. The lowest BCUT2D eigenvalue weighted by Crippen LogP contribution is -2.19. The highest BCUT2D eigenvalue weighted by molar-refractivity contribution is 6.36. The fourth-order valence-corrected chi connectivity index (χ4v) is 2.32. The Morgan fingerprint density at radius 2 is 1.82 bits per heavy atom. The fourth-order valence-electron chi connectivity index (χ4n) is 1.69. The summed E-state index contributed by atoms with van der Waals surface area (Å²) < 4.78 is 0. The third-order valence-electron chi connectivity index (χ3n) is 2.73. The van der Waals surface area contributed by atoms with Gasteiger partial charge in [-0.25, -0.2) is 5.43 Å². The van der Waals surface area contributed by atoms with Crippen LogP contribution >= 0.6 is 34.8 Å². The van der Waals surface area contributed by atoms with E-state index in [1.165, 1.54) is 18.3 Å². The number of rotatable bonds is 4. The van der Waals surface area contributed by atoms with Crippen molar-refractivity contribution < 1.29 is 9.90 Å². The fraction of sp³-hybridized carbons (Fsp3) is 0.0667. The first-order chi connectivity index (χ1) is 10.5. The second-order valence-corrected chi connectivity index (χ2v) is 5.70. The smallest absolute Gasteiger partial charge is 0.244 e. The molecule has 1 amide bonds. The van der Waals surface area contributed by atoms with Gasteiger partial charge in [-0.15, -0.1) is 0 Å². The van der Waals surface area contributed by atoms with E-state index in [1.54, 1.807) is 24.3 Å². The molecule has 7 heteroatoms. The van der Waals surface area contributed by atoms with Gasteiger partial charge >= 0.3 is 0 Å². The Morgan fingerprint density at radius 3 is 2.50 bits per heavy atom. The summed E-state index contributed by atoms with van der Waals surface area (Å²) in [7, 11) is 0. The summed E-state index contributed by atoms with van der Waals surface area (Å²) >= 11 is 17.4. The van der Waals surface area contributed by atoms with Crippen molar-refractivity contribution in [3.8, 4) is 5.75 Å². The van der Waals surface area contributed by atoms with E-state index in [2.05, 4.69) is 10.5 Å². The first kappa shape index (κ1) is 16.6. The lowest BCUT2D eigenvalue weighted by Gasteiger charge is -2.03. The minimum Gasteiger partial charge on any atom is -0.506 e. The molecule has 114 valence electrons. The number of benzene rings is 2. The average Bonchev–Trinajstić information content (AvgIpc) is 2.46. The van der Waals surface area contributed by atoms with E-state index in [4.69, 9.17) is 34.8 Å². The molecule has 0 aliphatic rings. The number of nitrogens with one attached hydrogen (secondary N) is 1. The van der Waals surface area contributed by atoms with E-state index in [1.807, 2.05) is 0 Å². The van der Waals surface area contributed by atoms with Crippen molar-refractivity contribution in [1.29, 1.82) is 0 Å². The van der Waals surface area contributed by atoms with E-state index in [-0.39, 0.29) is 23.1 Å². The summed E-state index contributed by atoms with van der Waals surface area (Å²) in [5, 5.41) is 14.6. The maximum absolute atomic E-state index is 11.7. The molecule has 2 N–H and O–H groups in total. The van der Waals surface area contributed by atoms with Crippen LogP contribution in [0.2, 0.25) is 15.1 Å². The Labute approximate surface area is 142 Å². The summed E-state index contributed by atoms with van der Waals surface area (Å²) in [6.45, 7) is 0. The van der Waals surface area contributed by atoms with Crippen molar-refractivity contribution in [2.75, 3.05) is 0 Å². The van der Waals surface area contributed by atoms with E-state index >= 15 is 0 Å². The van der Waals surface area contributed by atoms with Crippen LogP contribution in [-0.4, -0.2) is 17.2 Å². The molecule has 22 heavy (non-hydrogen) atoms. The predicted molar refractivity (Wildman–Crippen MR) is 89.0 cm³/mol. The maximum Gasteiger partial charge on any atom is 0.244 e. The second kappa shape index (κ2) is 7.49. The molecule has 0 radical (unpaired) electrons. The summed E-state index contributed by atoms with van der Waals surface area (Å²) in [6.07, 6.45) is 1.43. The van der Waals surface area contributed by atoms with E-state index in [0.717, 1.165) is 5.56 Å². The molecule has 2 aromatic rings. The highest BCUT2D eigenvalue weighted by atomic mass is 35.5. The van der Waals surface area contributed by atoms with Crippen LogP contribution < -0.4 is 5.43 Å². The summed E-state index contributed by atoms with van der Waals surface area (Å²) in [6, 6.07) is 9.83. The van der Waals surface area contributed by atoms with Crippen LogP contribution in [0.15, 0.2) is 41.5 Å². The topological polar surface area (TPSA) is 61.7 Å². The maximum atomic E-state index is 11.7. The Morgan fingerprint density at radius 1 is 1.14 bits per heavy atom. The first-order valence-corrected chi connectivity index (χ1v) is 7.33. The van der Waals surface area contributed by atoms with Crippen LogP contribution in [0.1, 0.15) is 11.1 Å². The largest absolute Gasteiger partial charge is 0.506 e. The molecule has 0 spiro atoms. The monoisotopic (exact) mass is 356 g/mol. The highest BCUT2D eigenvalue weighted by Gasteiger charge is 2.06. The Kier molecular flexibility index (Phi) is 5.66. The molecule has 0 aliphatic carbocycles. The zero-order valence-corrected chi connectivity index (χ0v) is 13.5. The van der Waals surface area contributed by atoms with Gasteiger partial charge < -0.3 is 5.11 Å². The summed E-state index contributed by atoms with van der Waals surface area (Å²) in [5.41, 5.74) is 3.48. The standard InChI is InChI=1S/C15H11Cl3N2O2/c16-11-3-1-9(2-4-11)5-14(21)20-19-8-10-6-12(17)7-13(18)15(10)22/h1-4,6-8,22H,5H2,(H,20,21). The van der Waals surface area contributed by atoms with Crippen molar-refractivity contribution in [2.45, 2.75) is 6.42 Å². The number of phenolic OH excluding ortho intramolecular Hbond substituents is 1. The predicted octanol–water partition coefficient (Wildman–Crippen LogP) is 4.05. The van der Waals surface area contributed by atoms with Crippen LogP contribution in [0.25, 0.3) is 0 Å². The number of halogens is 3. The van der Waals surface area contributed by atoms with Gasteiger partial charge in [-0.05, 0) is 29.8 Å². The number of phenols is 1. The van der Waals surface area contributed by atoms with Gasteiger partial charge in [-0.1, -0.05) is 46.9 Å². The summed E-state index contributed by atoms with van der Waals surface area (Å²) in [5.74, 6) is -0.451. The number of carbonyl (C=O) groups excluding carboxylic acids is 1. The number of aromatic hydroxyl groups is 1. The lowest BCUT2D eigenvalue weighted by molar-refractivity contribution is -0.120. The zero-order valence-electron chi connectivity index (χ0n) is 11.2. The van der Waals surface area contributed by atoms with Crippen LogP contribution in [0, 0.1) is 0 Å². The number of hydrazone groups is 1. The Balaban J connectivity index is 1.97.